The molecule has 3 rings (SSSR count). The van der Waals surface area contributed by atoms with Crippen molar-refractivity contribution in [1.29, 1.82) is 0 Å². The molecule has 1 aromatic heterocycles. The molecule has 0 spiro atoms. The lowest BCUT2D eigenvalue weighted by atomic mass is 10.0. The molecule has 1 aromatic carbocycles. The molecule has 0 aliphatic carbocycles. The second-order valence-electron chi connectivity index (χ2n) is 7.11. The second kappa shape index (κ2) is 7.03. The van der Waals surface area contributed by atoms with E-state index in [1.807, 2.05) is 6.92 Å². The van der Waals surface area contributed by atoms with Crippen molar-refractivity contribution in [1.82, 2.24) is 9.88 Å². The molecular weight excluding hydrogens is 305 g/mol. The number of aliphatic hydroxyl groups is 1. The van der Waals surface area contributed by atoms with Crippen molar-refractivity contribution in [3.63, 3.8) is 0 Å². The summed E-state index contributed by atoms with van der Waals surface area (Å²) in [6, 6.07) is 7.26. The maximum Gasteiger partial charge on any atom is 0.129 e. The van der Waals surface area contributed by atoms with Gasteiger partial charge in [-0.1, -0.05) is 0 Å². The molecule has 0 radical (unpaired) electrons. The van der Waals surface area contributed by atoms with Gasteiger partial charge < -0.3 is 14.9 Å². The van der Waals surface area contributed by atoms with Gasteiger partial charge in [0.25, 0.3) is 0 Å². The van der Waals surface area contributed by atoms with Gasteiger partial charge in [0.1, 0.15) is 11.6 Å². The van der Waals surface area contributed by atoms with Gasteiger partial charge in [-0.2, -0.15) is 0 Å². The third kappa shape index (κ3) is 3.52. The van der Waals surface area contributed by atoms with Gasteiger partial charge in [-0.3, -0.25) is 0 Å². The Morgan fingerprint density at radius 2 is 2.04 bits per heavy atom. The van der Waals surface area contributed by atoms with Gasteiger partial charge in [-0.05, 0) is 63.5 Å². The first kappa shape index (κ1) is 17.1. The van der Waals surface area contributed by atoms with Gasteiger partial charge in [-0.25, -0.2) is 9.37 Å². The number of hydrogen-bond acceptors (Lipinski definition) is 4. The van der Waals surface area contributed by atoms with Crippen molar-refractivity contribution in [2.45, 2.75) is 25.8 Å². The summed E-state index contributed by atoms with van der Waals surface area (Å²) in [4.78, 5) is 9.19. The van der Waals surface area contributed by atoms with E-state index in [0.29, 0.717) is 11.6 Å². The van der Waals surface area contributed by atoms with Crippen LogP contribution in [0.5, 0.6) is 0 Å². The molecule has 4 nitrogen and oxygen atoms in total. The van der Waals surface area contributed by atoms with Gasteiger partial charge in [-0.15, -0.1) is 0 Å². The molecule has 1 aliphatic heterocycles. The van der Waals surface area contributed by atoms with Crippen LogP contribution in [0.4, 0.5) is 10.2 Å². The molecule has 1 aliphatic rings. The van der Waals surface area contributed by atoms with Crippen LogP contribution in [-0.2, 0) is 0 Å². The highest BCUT2D eigenvalue weighted by atomic mass is 19.1. The van der Waals surface area contributed by atoms with Crippen LogP contribution in [0.25, 0.3) is 10.9 Å². The Bertz CT molecular complexity index is 719. The monoisotopic (exact) mass is 331 g/mol. The number of rotatable bonds is 3. The fourth-order valence-electron chi connectivity index (χ4n) is 3.53. The quantitative estimate of drug-likeness (QED) is 0.939. The number of halogens is 1. The molecule has 1 fully saturated rings. The number of nitrogens with zero attached hydrogens (tertiary/aromatic N) is 3. The molecule has 2 aromatic rings. The van der Waals surface area contributed by atoms with Gasteiger partial charge in [0, 0.05) is 37.2 Å². The molecular formula is C19H26FN3O. The standard InChI is InChI=1S/C19H26FN3O/c1-13-8-19(21-18-9-15(20)5-7-17(13)18)23-10-14(12-24)4-6-16(11-23)22(2)3/h5,7-9,14,16,24H,4,6,10-12H2,1-3H3/t14-,16+/m0/s1. The zero-order valence-electron chi connectivity index (χ0n) is 14.7. The summed E-state index contributed by atoms with van der Waals surface area (Å²) in [7, 11) is 4.19. The van der Waals surface area contributed by atoms with E-state index in [9.17, 15) is 9.50 Å². The van der Waals surface area contributed by atoms with Crippen molar-refractivity contribution in [2.24, 2.45) is 5.92 Å². The first-order valence-electron chi connectivity index (χ1n) is 8.57. The van der Waals surface area contributed by atoms with E-state index in [1.165, 1.54) is 12.1 Å². The number of likely N-dealkylation sites (N-methyl/N-ethyl adjacent to an activating group) is 1. The van der Waals surface area contributed by atoms with Gasteiger partial charge >= 0.3 is 0 Å². The van der Waals surface area contributed by atoms with Crippen molar-refractivity contribution in [3.8, 4) is 0 Å². The molecule has 1 N–H and O–H groups in total. The van der Waals surface area contributed by atoms with Gasteiger partial charge in [0.2, 0.25) is 0 Å². The number of hydrogen-bond donors (Lipinski definition) is 1. The molecule has 2 heterocycles. The lowest BCUT2D eigenvalue weighted by molar-refractivity contribution is 0.216. The molecule has 2 atom stereocenters. The molecule has 0 amide bonds. The Kier molecular flexibility index (Phi) is 5.01. The molecule has 24 heavy (non-hydrogen) atoms. The highest BCUT2D eigenvalue weighted by molar-refractivity contribution is 5.84. The van der Waals surface area contributed by atoms with Crippen molar-refractivity contribution in [3.05, 3.63) is 35.6 Å². The highest BCUT2D eigenvalue weighted by Crippen LogP contribution is 2.27. The largest absolute Gasteiger partial charge is 0.396 e. The average Bonchev–Trinajstić information content (AvgIpc) is 2.77. The van der Waals surface area contributed by atoms with Crippen LogP contribution in [-0.4, -0.2) is 54.8 Å². The summed E-state index contributed by atoms with van der Waals surface area (Å²) in [5, 5.41) is 10.6. The van der Waals surface area contributed by atoms with Crippen molar-refractivity contribution < 1.29 is 9.50 Å². The molecule has 130 valence electrons. The molecule has 0 bridgehead atoms. The van der Waals surface area contributed by atoms with Crippen molar-refractivity contribution >= 4 is 16.7 Å². The SMILES string of the molecule is Cc1cc(N2C[C@@H](CO)CC[C@@H](N(C)C)C2)nc2cc(F)ccc12. The third-order valence-electron chi connectivity index (χ3n) is 5.10. The maximum atomic E-state index is 13.6. The number of fused-ring (bicyclic) bond motifs is 1. The van der Waals surface area contributed by atoms with Crippen LogP contribution >= 0.6 is 0 Å². The summed E-state index contributed by atoms with van der Waals surface area (Å²) in [6.07, 6.45) is 2.08. The lowest BCUT2D eigenvalue weighted by Gasteiger charge is -2.30. The summed E-state index contributed by atoms with van der Waals surface area (Å²) in [5.74, 6) is 0.861. The van der Waals surface area contributed by atoms with E-state index >= 15 is 0 Å². The lowest BCUT2D eigenvalue weighted by Crippen LogP contribution is -2.40. The Hall–Kier alpha value is -1.72. The highest BCUT2D eigenvalue weighted by Gasteiger charge is 2.26. The Morgan fingerprint density at radius 3 is 2.75 bits per heavy atom. The zero-order valence-corrected chi connectivity index (χ0v) is 14.7. The van der Waals surface area contributed by atoms with E-state index < -0.39 is 0 Å². The number of anilines is 1. The number of aliphatic hydroxyl groups excluding tert-OH is 1. The van der Waals surface area contributed by atoms with Crippen LogP contribution in [0.2, 0.25) is 0 Å². The number of aromatic nitrogens is 1. The third-order valence-corrected chi connectivity index (χ3v) is 5.10. The first-order valence-corrected chi connectivity index (χ1v) is 8.57. The summed E-state index contributed by atoms with van der Waals surface area (Å²) >= 11 is 0. The molecule has 0 unspecified atom stereocenters. The second-order valence-corrected chi connectivity index (χ2v) is 7.11. The molecule has 1 saturated heterocycles. The van der Waals surface area contributed by atoms with Gasteiger partial charge in [0.05, 0.1) is 5.52 Å². The fourth-order valence-corrected chi connectivity index (χ4v) is 3.53. The summed E-state index contributed by atoms with van der Waals surface area (Å²) in [5.41, 5.74) is 1.79. The Balaban J connectivity index is 1.99. The molecule has 0 saturated carbocycles. The minimum Gasteiger partial charge on any atom is -0.396 e. The van der Waals surface area contributed by atoms with Gasteiger partial charge in [0.15, 0.2) is 0 Å². The minimum atomic E-state index is -0.262. The van der Waals surface area contributed by atoms with E-state index in [-0.39, 0.29) is 18.3 Å². The Labute approximate surface area is 142 Å². The zero-order chi connectivity index (χ0) is 17.3. The van der Waals surface area contributed by atoms with E-state index in [0.717, 1.165) is 42.7 Å². The van der Waals surface area contributed by atoms with Crippen molar-refractivity contribution in [2.75, 3.05) is 38.7 Å². The number of pyridine rings is 1. The summed E-state index contributed by atoms with van der Waals surface area (Å²) < 4.78 is 13.6. The molecule has 5 heteroatoms. The number of aryl methyl sites for hydroxylation is 1. The van der Waals surface area contributed by atoms with E-state index in [1.54, 1.807) is 6.07 Å². The maximum absolute atomic E-state index is 13.6. The summed E-state index contributed by atoms with van der Waals surface area (Å²) in [6.45, 7) is 3.89. The average molecular weight is 331 g/mol. The predicted molar refractivity (Wildman–Crippen MR) is 95.9 cm³/mol. The normalized spacial score (nSPS) is 22.2. The smallest absolute Gasteiger partial charge is 0.129 e. The predicted octanol–water partition coefficient (Wildman–Crippen LogP) is 2.82. The topological polar surface area (TPSA) is 39.6 Å². The minimum absolute atomic E-state index is 0.192. The van der Waals surface area contributed by atoms with Crippen LogP contribution < -0.4 is 4.90 Å². The first-order chi connectivity index (χ1) is 11.5. The fraction of sp³-hybridized carbons (Fsp3) is 0.526. The van der Waals surface area contributed by atoms with Crippen LogP contribution in [0.3, 0.4) is 0 Å². The van der Waals surface area contributed by atoms with E-state index in [4.69, 9.17) is 4.98 Å². The number of benzene rings is 1. The van der Waals surface area contributed by atoms with Crippen LogP contribution in [0, 0.1) is 18.7 Å². The van der Waals surface area contributed by atoms with Crippen LogP contribution in [0.15, 0.2) is 24.3 Å². The Morgan fingerprint density at radius 1 is 1.25 bits per heavy atom. The van der Waals surface area contributed by atoms with Crippen LogP contribution in [0.1, 0.15) is 18.4 Å². The van der Waals surface area contributed by atoms with E-state index in [2.05, 4.69) is 30.0 Å².